The van der Waals surface area contributed by atoms with Crippen molar-refractivity contribution in [3.05, 3.63) is 70.5 Å². The van der Waals surface area contributed by atoms with E-state index in [4.69, 9.17) is 11.6 Å². The second-order valence-corrected chi connectivity index (χ2v) is 6.58. The van der Waals surface area contributed by atoms with E-state index in [1.165, 1.54) is 12.1 Å². The van der Waals surface area contributed by atoms with E-state index in [2.05, 4.69) is 4.72 Å². The molecule has 20 heavy (non-hydrogen) atoms. The highest BCUT2D eigenvalue weighted by molar-refractivity contribution is 7.88. The second-order valence-electron chi connectivity index (χ2n) is 4.33. The molecule has 106 valence electrons. The van der Waals surface area contributed by atoms with Crippen LogP contribution in [0, 0.1) is 5.82 Å². The molecule has 0 spiro atoms. The quantitative estimate of drug-likeness (QED) is 0.922. The van der Waals surface area contributed by atoms with Gasteiger partial charge in [0, 0.05) is 11.6 Å². The van der Waals surface area contributed by atoms with Crippen molar-refractivity contribution in [3.63, 3.8) is 0 Å². The normalized spacial score (nSPS) is 11.5. The van der Waals surface area contributed by atoms with Crippen molar-refractivity contribution >= 4 is 21.6 Å². The Balaban J connectivity index is 1.97. The highest BCUT2D eigenvalue weighted by Crippen LogP contribution is 2.12. The molecule has 0 aliphatic heterocycles. The van der Waals surface area contributed by atoms with Crippen molar-refractivity contribution in [1.29, 1.82) is 0 Å². The lowest BCUT2D eigenvalue weighted by atomic mass is 10.2. The largest absolute Gasteiger partial charge is 0.216 e. The van der Waals surface area contributed by atoms with Gasteiger partial charge in [0.2, 0.25) is 10.0 Å². The van der Waals surface area contributed by atoms with E-state index >= 15 is 0 Å². The minimum atomic E-state index is -3.44. The van der Waals surface area contributed by atoms with E-state index < -0.39 is 10.0 Å². The number of hydrogen-bond acceptors (Lipinski definition) is 2. The molecule has 2 rings (SSSR count). The van der Waals surface area contributed by atoms with Crippen LogP contribution < -0.4 is 4.72 Å². The van der Waals surface area contributed by atoms with Gasteiger partial charge >= 0.3 is 0 Å². The maximum absolute atomic E-state index is 12.7. The maximum Gasteiger partial charge on any atom is 0.216 e. The molecule has 1 N–H and O–H groups in total. The molecule has 2 aromatic carbocycles. The monoisotopic (exact) mass is 313 g/mol. The van der Waals surface area contributed by atoms with E-state index in [1.54, 1.807) is 36.4 Å². The van der Waals surface area contributed by atoms with Gasteiger partial charge in [0.15, 0.2) is 0 Å². The summed E-state index contributed by atoms with van der Waals surface area (Å²) in [7, 11) is -3.44. The van der Waals surface area contributed by atoms with Crippen molar-refractivity contribution in [3.8, 4) is 0 Å². The van der Waals surface area contributed by atoms with Gasteiger partial charge in [0.05, 0.1) is 5.75 Å². The maximum atomic E-state index is 12.7. The smallest absolute Gasteiger partial charge is 0.212 e. The Morgan fingerprint density at radius 2 is 1.50 bits per heavy atom. The van der Waals surface area contributed by atoms with Gasteiger partial charge in [-0.3, -0.25) is 0 Å². The molecule has 0 bridgehead atoms. The number of sulfonamides is 1. The Bertz CT molecular complexity index is 669. The van der Waals surface area contributed by atoms with Crippen LogP contribution in [0.3, 0.4) is 0 Å². The van der Waals surface area contributed by atoms with Gasteiger partial charge in [-0.1, -0.05) is 35.9 Å². The van der Waals surface area contributed by atoms with Crippen molar-refractivity contribution in [1.82, 2.24) is 4.72 Å². The van der Waals surface area contributed by atoms with Crippen LogP contribution in [-0.2, 0) is 22.3 Å². The Kier molecular flexibility index (Phi) is 4.75. The molecule has 0 saturated carbocycles. The van der Waals surface area contributed by atoms with Crippen LogP contribution >= 0.6 is 11.6 Å². The van der Waals surface area contributed by atoms with Crippen LogP contribution in [0.15, 0.2) is 48.5 Å². The minimum Gasteiger partial charge on any atom is -0.212 e. The molecular formula is C14H13ClFNO2S. The molecule has 6 heteroatoms. The summed E-state index contributed by atoms with van der Waals surface area (Å²) in [6.45, 7) is 0.135. The molecule has 3 nitrogen and oxygen atoms in total. The predicted molar refractivity (Wildman–Crippen MR) is 77.3 cm³/mol. The van der Waals surface area contributed by atoms with Gasteiger partial charge < -0.3 is 0 Å². The number of halogens is 2. The van der Waals surface area contributed by atoms with Crippen LogP contribution in [0.4, 0.5) is 4.39 Å². The lowest BCUT2D eigenvalue weighted by molar-refractivity contribution is 0.580. The molecule has 0 radical (unpaired) electrons. The zero-order valence-corrected chi connectivity index (χ0v) is 12.1. The number of benzene rings is 2. The van der Waals surface area contributed by atoms with E-state index in [9.17, 15) is 12.8 Å². The summed E-state index contributed by atoms with van der Waals surface area (Å²) in [6.07, 6.45) is 0. The molecule has 0 fully saturated rings. The van der Waals surface area contributed by atoms with Gasteiger partial charge in [-0.15, -0.1) is 0 Å². The number of rotatable bonds is 5. The summed E-state index contributed by atoms with van der Waals surface area (Å²) >= 11 is 5.74. The van der Waals surface area contributed by atoms with Gasteiger partial charge in [-0.05, 0) is 35.4 Å². The fourth-order valence-electron chi connectivity index (χ4n) is 1.65. The van der Waals surface area contributed by atoms with E-state index in [0.29, 0.717) is 16.1 Å². The van der Waals surface area contributed by atoms with Gasteiger partial charge in [-0.2, -0.15) is 0 Å². The summed E-state index contributed by atoms with van der Waals surface area (Å²) in [5.74, 6) is -0.469. The lowest BCUT2D eigenvalue weighted by Gasteiger charge is -2.07. The molecule has 0 aromatic heterocycles. The SMILES string of the molecule is O=S(=O)(Cc1ccc(Cl)cc1)NCc1ccc(F)cc1. The molecular weight excluding hydrogens is 301 g/mol. The first-order valence-corrected chi connectivity index (χ1v) is 7.94. The topological polar surface area (TPSA) is 46.2 Å². The third-order valence-corrected chi connectivity index (χ3v) is 4.23. The molecule has 2 aromatic rings. The lowest BCUT2D eigenvalue weighted by Crippen LogP contribution is -2.24. The van der Waals surface area contributed by atoms with Gasteiger partial charge in [-0.25, -0.2) is 17.5 Å². The first-order valence-electron chi connectivity index (χ1n) is 5.91. The molecule has 0 heterocycles. The highest BCUT2D eigenvalue weighted by Gasteiger charge is 2.11. The van der Waals surface area contributed by atoms with E-state index in [0.717, 1.165) is 0 Å². The van der Waals surface area contributed by atoms with Gasteiger partial charge in [0.25, 0.3) is 0 Å². The summed E-state index contributed by atoms with van der Waals surface area (Å²) in [4.78, 5) is 0. The average Bonchev–Trinajstić information content (AvgIpc) is 2.41. The van der Waals surface area contributed by atoms with Crippen molar-refractivity contribution in [2.45, 2.75) is 12.3 Å². The minimum absolute atomic E-state index is 0.120. The van der Waals surface area contributed by atoms with Crippen LogP contribution in [0.2, 0.25) is 5.02 Å². The fourth-order valence-corrected chi connectivity index (χ4v) is 2.89. The Hall–Kier alpha value is -1.43. The number of hydrogen-bond donors (Lipinski definition) is 1. The summed E-state index contributed by atoms with van der Waals surface area (Å²) < 4.78 is 39.0. The molecule has 0 atom stereocenters. The van der Waals surface area contributed by atoms with E-state index in [1.807, 2.05) is 0 Å². The first-order chi connectivity index (χ1) is 9.44. The Labute approximate surface area is 122 Å². The van der Waals surface area contributed by atoms with Crippen molar-refractivity contribution in [2.75, 3.05) is 0 Å². The Morgan fingerprint density at radius 1 is 0.950 bits per heavy atom. The third kappa shape index (κ3) is 4.59. The Morgan fingerprint density at radius 3 is 2.10 bits per heavy atom. The zero-order valence-electron chi connectivity index (χ0n) is 10.5. The van der Waals surface area contributed by atoms with Crippen LogP contribution in [-0.4, -0.2) is 8.42 Å². The molecule has 0 saturated heterocycles. The van der Waals surface area contributed by atoms with Crippen LogP contribution in [0.1, 0.15) is 11.1 Å². The number of nitrogens with one attached hydrogen (secondary N) is 1. The van der Waals surface area contributed by atoms with Crippen LogP contribution in [0.25, 0.3) is 0 Å². The standard InChI is InChI=1S/C14H13ClFNO2S/c15-13-5-1-12(2-6-13)10-20(18,19)17-9-11-3-7-14(16)8-4-11/h1-8,17H,9-10H2. The fraction of sp³-hybridized carbons (Fsp3) is 0.143. The second kappa shape index (κ2) is 6.35. The van der Waals surface area contributed by atoms with E-state index in [-0.39, 0.29) is 18.1 Å². The molecule has 0 aliphatic carbocycles. The predicted octanol–water partition coefficient (Wildman–Crippen LogP) is 3.10. The summed E-state index contributed by atoms with van der Waals surface area (Å²) in [5, 5.41) is 0.561. The highest BCUT2D eigenvalue weighted by atomic mass is 35.5. The summed E-state index contributed by atoms with van der Waals surface area (Å²) in [5.41, 5.74) is 1.35. The first kappa shape index (κ1) is 15.0. The summed E-state index contributed by atoms with van der Waals surface area (Å²) in [6, 6.07) is 12.3. The van der Waals surface area contributed by atoms with Crippen molar-refractivity contribution in [2.24, 2.45) is 0 Å². The molecule has 0 amide bonds. The van der Waals surface area contributed by atoms with Crippen molar-refractivity contribution < 1.29 is 12.8 Å². The molecule has 0 unspecified atom stereocenters. The van der Waals surface area contributed by atoms with Gasteiger partial charge in [0.1, 0.15) is 5.82 Å². The third-order valence-electron chi connectivity index (χ3n) is 2.68. The zero-order chi connectivity index (χ0) is 14.6. The molecule has 0 aliphatic rings. The average molecular weight is 314 g/mol. The van der Waals surface area contributed by atoms with Crippen LogP contribution in [0.5, 0.6) is 0 Å².